The molecule has 6 nitrogen and oxygen atoms in total. The van der Waals surface area contributed by atoms with Crippen LogP contribution in [0.2, 0.25) is 0 Å². The summed E-state index contributed by atoms with van der Waals surface area (Å²) in [5.41, 5.74) is 6.52. The lowest BCUT2D eigenvalue weighted by Gasteiger charge is -1.97. The van der Waals surface area contributed by atoms with Crippen molar-refractivity contribution < 1.29 is 0 Å². The molecule has 0 amide bonds. The average molecular weight is 210 g/mol. The molecule has 2 heterocycles. The van der Waals surface area contributed by atoms with Gasteiger partial charge in [-0.2, -0.15) is 13.8 Å². The zero-order valence-corrected chi connectivity index (χ0v) is 8.48. The average Bonchev–Trinajstić information content (AvgIpc) is 2.75. The summed E-state index contributed by atoms with van der Waals surface area (Å²) >= 11 is 1.19. The molecule has 2 aromatic rings. The fourth-order valence-corrected chi connectivity index (χ4v) is 1.44. The van der Waals surface area contributed by atoms with E-state index in [1.807, 2.05) is 6.92 Å². The van der Waals surface area contributed by atoms with Crippen LogP contribution in [0.4, 0.5) is 0 Å². The second kappa shape index (κ2) is 3.81. The van der Waals surface area contributed by atoms with Crippen molar-refractivity contribution in [3.8, 4) is 0 Å². The van der Waals surface area contributed by atoms with E-state index in [1.54, 1.807) is 17.2 Å². The van der Waals surface area contributed by atoms with Gasteiger partial charge in [0.25, 0.3) is 0 Å². The van der Waals surface area contributed by atoms with Gasteiger partial charge in [0.1, 0.15) is 6.33 Å². The quantitative estimate of drug-likeness (QED) is 0.782. The van der Waals surface area contributed by atoms with Gasteiger partial charge in [-0.25, -0.2) is 9.67 Å². The lowest BCUT2D eigenvalue weighted by atomic mass is 10.3. The molecule has 1 atom stereocenters. The van der Waals surface area contributed by atoms with Crippen molar-refractivity contribution in [1.82, 2.24) is 23.5 Å². The Kier molecular flexibility index (Phi) is 2.51. The highest BCUT2D eigenvalue weighted by Gasteiger charge is 2.06. The molecule has 0 radical (unpaired) electrons. The smallest absolute Gasteiger partial charge is 0.166 e. The standard InChI is InChI=1S/C7H10N6S/c1-5(8)7-9-4-13(11-7)3-6-2-10-14-12-6/h2,4-5H,3,8H2,1H3. The first kappa shape index (κ1) is 9.22. The summed E-state index contributed by atoms with van der Waals surface area (Å²) in [5, 5.41) is 4.20. The monoisotopic (exact) mass is 210 g/mol. The molecule has 0 aliphatic heterocycles. The SMILES string of the molecule is CC(N)c1ncn(Cc2cnsn2)n1. The van der Waals surface area contributed by atoms with E-state index in [0.717, 1.165) is 5.69 Å². The first-order valence-corrected chi connectivity index (χ1v) is 4.90. The summed E-state index contributed by atoms with van der Waals surface area (Å²) in [6.07, 6.45) is 3.37. The van der Waals surface area contributed by atoms with Crippen molar-refractivity contribution in [3.63, 3.8) is 0 Å². The third kappa shape index (κ3) is 1.94. The highest BCUT2D eigenvalue weighted by Crippen LogP contribution is 2.03. The molecule has 0 saturated heterocycles. The van der Waals surface area contributed by atoms with Crippen molar-refractivity contribution in [2.24, 2.45) is 5.73 Å². The molecule has 0 fully saturated rings. The Morgan fingerprint density at radius 1 is 1.64 bits per heavy atom. The van der Waals surface area contributed by atoms with Crippen LogP contribution in [0.5, 0.6) is 0 Å². The van der Waals surface area contributed by atoms with Crippen LogP contribution in [0, 0.1) is 0 Å². The molecule has 2 N–H and O–H groups in total. The molecule has 2 rings (SSSR count). The second-order valence-electron chi connectivity index (χ2n) is 2.99. The Morgan fingerprint density at radius 2 is 2.50 bits per heavy atom. The Morgan fingerprint density at radius 3 is 3.07 bits per heavy atom. The normalized spacial score (nSPS) is 13.0. The molecule has 7 heteroatoms. The molecule has 0 aromatic carbocycles. The zero-order chi connectivity index (χ0) is 9.97. The van der Waals surface area contributed by atoms with Crippen LogP contribution < -0.4 is 5.73 Å². The summed E-state index contributed by atoms with van der Waals surface area (Å²) < 4.78 is 9.68. The lowest BCUT2D eigenvalue weighted by molar-refractivity contribution is 0.643. The predicted octanol–water partition coefficient (Wildman–Crippen LogP) is 0.198. The summed E-state index contributed by atoms with van der Waals surface area (Å²) in [4.78, 5) is 4.08. The van der Waals surface area contributed by atoms with Gasteiger partial charge in [-0.1, -0.05) is 0 Å². The molecular formula is C7H10N6S. The van der Waals surface area contributed by atoms with Crippen LogP contribution in [0.25, 0.3) is 0 Å². The number of hydrogen-bond acceptors (Lipinski definition) is 6. The third-order valence-electron chi connectivity index (χ3n) is 1.69. The van der Waals surface area contributed by atoms with Crippen LogP contribution in [0.1, 0.15) is 24.5 Å². The molecule has 0 aliphatic rings. The van der Waals surface area contributed by atoms with Gasteiger partial charge in [-0.05, 0) is 6.92 Å². The predicted molar refractivity (Wildman–Crippen MR) is 51.6 cm³/mol. The highest BCUT2D eigenvalue weighted by molar-refractivity contribution is 6.99. The number of rotatable bonds is 3. The zero-order valence-electron chi connectivity index (χ0n) is 7.66. The molecule has 0 aliphatic carbocycles. The second-order valence-corrected chi connectivity index (χ2v) is 3.54. The molecule has 0 spiro atoms. The summed E-state index contributed by atoms with van der Waals surface area (Å²) in [5.74, 6) is 0.646. The Labute approximate surface area is 85.1 Å². The van der Waals surface area contributed by atoms with E-state index in [9.17, 15) is 0 Å². The minimum Gasteiger partial charge on any atom is -0.321 e. The van der Waals surface area contributed by atoms with Crippen LogP contribution in [0.3, 0.4) is 0 Å². The van der Waals surface area contributed by atoms with E-state index in [2.05, 4.69) is 18.8 Å². The van der Waals surface area contributed by atoms with Crippen LogP contribution >= 0.6 is 11.7 Å². The molecule has 74 valence electrons. The van der Waals surface area contributed by atoms with E-state index in [-0.39, 0.29) is 6.04 Å². The number of hydrogen-bond donors (Lipinski definition) is 1. The summed E-state index contributed by atoms with van der Waals surface area (Å²) in [6.45, 7) is 2.44. The number of aromatic nitrogens is 5. The molecular weight excluding hydrogens is 200 g/mol. The Balaban J connectivity index is 2.11. The van der Waals surface area contributed by atoms with E-state index in [0.29, 0.717) is 12.4 Å². The molecule has 14 heavy (non-hydrogen) atoms. The maximum Gasteiger partial charge on any atom is 0.166 e. The van der Waals surface area contributed by atoms with Crippen molar-refractivity contribution >= 4 is 11.7 Å². The Bertz CT molecular complexity index is 392. The Hall–Kier alpha value is -1.34. The maximum atomic E-state index is 5.64. The van der Waals surface area contributed by atoms with E-state index < -0.39 is 0 Å². The van der Waals surface area contributed by atoms with Gasteiger partial charge in [-0.15, -0.1) is 0 Å². The van der Waals surface area contributed by atoms with Crippen molar-refractivity contribution in [2.45, 2.75) is 19.5 Å². The van der Waals surface area contributed by atoms with Crippen LogP contribution in [-0.2, 0) is 6.54 Å². The lowest BCUT2D eigenvalue weighted by Crippen LogP contribution is -2.08. The third-order valence-corrected chi connectivity index (χ3v) is 2.21. The van der Waals surface area contributed by atoms with Gasteiger partial charge in [0, 0.05) is 0 Å². The minimum absolute atomic E-state index is 0.134. The maximum absolute atomic E-state index is 5.64. The molecule has 2 aromatic heterocycles. The van der Waals surface area contributed by atoms with Crippen LogP contribution in [-0.4, -0.2) is 23.5 Å². The first-order chi connectivity index (χ1) is 6.75. The number of nitrogens with two attached hydrogens (primary N) is 1. The van der Waals surface area contributed by atoms with Gasteiger partial charge in [0.15, 0.2) is 5.82 Å². The highest BCUT2D eigenvalue weighted by atomic mass is 32.1. The van der Waals surface area contributed by atoms with Gasteiger partial charge in [0.2, 0.25) is 0 Å². The summed E-state index contributed by atoms with van der Waals surface area (Å²) in [6, 6.07) is -0.134. The topological polar surface area (TPSA) is 82.5 Å². The summed E-state index contributed by atoms with van der Waals surface area (Å²) in [7, 11) is 0. The first-order valence-electron chi connectivity index (χ1n) is 4.17. The van der Waals surface area contributed by atoms with E-state index in [4.69, 9.17) is 5.73 Å². The van der Waals surface area contributed by atoms with Gasteiger partial charge in [-0.3, -0.25) is 0 Å². The van der Waals surface area contributed by atoms with Crippen molar-refractivity contribution in [1.29, 1.82) is 0 Å². The minimum atomic E-state index is -0.134. The van der Waals surface area contributed by atoms with Gasteiger partial charge >= 0.3 is 0 Å². The van der Waals surface area contributed by atoms with Crippen molar-refractivity contribution in [2.75, 3.05) is 0 Å². The largest absolute Gasteiger partial charge is 0.321 e. The van der Waals surface area contributed by atoms with E-state index >= 15 is 0 Å². The number of nitrogens with zero attached hydrogens (tertiary/aromatic N) is 5. The molecule has 1 unspecified atom stereocenters. The molecule has 0 bridgehead atoms. The van der Waals surface area contributed by atoms with E-state index in [1.165, 1.54) is 11.7 Å². The van der Waals surface area contributed by atoms with Gasteiger partial charge in [0.05, 0.1) is 36.2 Å². The molecule has 0 saturated carbocycles. The van der Waals surface area contributed by atoms with Gasteiger partial charge < -0.3 is 5.73 Å². The fraction of sp³-hybridized carbons (Fsp3) is 0.429. The fourth-order valence-electron chi connectivity index (χ4n) is 1.01. The van der Waals surface area contributed by atoms with Crippen molar-refractivity contribution in [3.05, 3.63) is 24.0 Å². The van der Waals surface area contributed by atoms with Crippen LogP contribution in [0.15, 0.2) is 12.5 Å².